The van der Waals surface area contributed by atoms with E-state index in [0.717, 1.165) is 22.7 Å². The summed E-state index contributed by atoms with van der Waals surface area (Å²) in [5, 5.41) is 6.16. The van der Waals surface area contributed by atoms with E-state index in [2.05, 4.69) is 20.6 Å². The second-order valence-corrected chi connectivity index (χ2v) is 5.92. The summed E-state index contributed by atoms with van der Waals surface area (Å²) < 4.78 is 5.33. The van der Waals surface area contributed by atoms with Gasteiger partial charge in [-0.15, -0.1) is 0 Å². The molecule has 3 rings (SSSR count). The number of methoxy groups -OCH3 is 1. The standard InChI is InChI=1S/C21H22N4O2/c1-27-20-8-3-2-6-16(20)9-12-24-21(26)19-14-17(10-13-23-19)25-15-18-7-4-5-11-22-18/h2-8,10-11,13-14H,9,12,15H2,1H3,(H,23,25)(H,24,26). The molecular formula is C21H22N4O2. The van der Waals surface area contributed by atoms with Crippen LogP contribution in [0.15, 0.2) is 67.0 Å². The van der Waals surface area contributed by atoms with Crippen molar-refractivity contribution in [2.75, 3.05) is 19.0 Å². The predicted octanol–water partition coefficient (Wildman–Crippen LogP) is 3.07. The van der Waals surface area contributed by atoms with Gasteiger partial charge in [-0.3, -0.25) is 14.8 Å². The van der Waals surface area contributed by atoms with Gasteiger partial charge in [0, 0.05) is 24.6 Å². The van der Waals surface area contributed by atoms with Crippen LogP contribution in [0.4, 0.5) is 5.69 Å². The zero-order valence-electron chi connectivity index (χ0n) is 15.2. The Morgan fingerprint density at radius 2 is 1.89 bits per heavy atom. The largest absolute Gasteiger partial charge is 0.496 e. The predicted molar refractivity (Wildman–Crippen MR) is 105 cm³/mol. The molecule has 2 aromatic heterocycles. The van der Waals surface area contributed by atoms with Crippen molar-refractivity contribution in [2.45, 2.75) is 13.0 Å². The van der Waals surface area contributed by atoms with Crippen molar-refractivity contribution in [2.24, 2.45) is 0 Å². The fourth-order valence-corrected chi connectivity index (χ4v) is 2.67. The molecule has 27 heavy (non-hydrogen) atoms. The van der Waals surface area contributed by atoms with E-state index in [0.29, 0.717) is 25.2 Å². The van der Waals surface area contributed by atoms with Crippen LogP contribution in [0.3, 0.4) is 0 Å². The van der Waals surface area contributed by atoms with Crippen LogP contribution < -0.4 is 15.4 Å². The molecule has 0 spiro atoms. The van der Waals surface area contributed by atoms with Crippen molar-refractivity contribution in [1.82, 2.24) is 15.3 Å². The maximum atomic E-state index is 12.4. The smallest absolute Gasteiger partial charge is 0.269 e. The van der Waals surface area contributed by atoms with Crippen LogP contribution in [0, 0.1) is 0 Å². The van der Waals surface area contributed by atoms with Gasteiger partial charge in [0.05, 0.1) is 19.3 Å². The summed E-state index contributed by atoms with van der Waals surface area (Å²) in [5.74, 6) is 0.622. The highest BCUT2D eigenvalue weighted by atomic mass is 16.5. The number of amides is 1. The van der Waals surface area contributed by atoms with Crippen LogP contribution >= 0.6 is 0 Å². The Morgan fingerprint density at radius 3 is 2.70 bits per heavy atom. The van der Waals surface area contributed by atoms with Crippen molar-refractivity contribution in [3.05, 3.63) is 83.9 Å². The first-order chi connectivity index (χ1) is 13.3. The van der Waals surface area contributed by atoms with E-state index in [4.69, 9.17) is 4.74 Å². The molecule has 6 nitrogen and oxygen atoms in total. The SMILES string of the molecule is COc1ccccc1CCNC(=O)c1cc(NCc2ccccn2)ccn1. The highest BCUT2D eigenvalue weighted by Crippen LogP contribution is 2.17. The van der Waals surface area contributed by atoms with Crippen LogP contribution in [-0.2, 0) is 13.0 Å². The van der Waals surface area contributed by atoms with Crippen molar-refractivity contribution in [3.63, 3.8) is 0 Å². The van der Waals surface area contributed by atoms with E-state index >= 15 is 0 Å². The lowest BCUT2D eigenvalue weighted by molar-refractivity contribution is 0.0949. The molecule has 0 aliphatic heterocycles. The Hall–Kier alpha value is -3.41. The zero-order valence-corrected chi connectivity index (χ0v) is 15.2. The Balaban J connectivity index is 1.54. The number of rotatable bonds is 8. The molecule has 0 bridgehead atoms. The molecule has 0 unspecified atom stereocenters. The second-order valence-electron chi connectivity index (χ2n) is 5.92. The van der Waals surface area contributed by atoms with Crippen LogP contribution in [0.1, 0.15) is 21.7 Å². The van der Waals surface area contributed by atoms with Gasteiger partial charge in [0.15, 0.2) is 0 Å². The van der Waals surface area contributed by atoms with Crippen LogP contribution in [0.2, 0.25) is 0 Å². The molecule has 138 valence electrons. The van der Waals surface area contributed by atoms with Gasteiger partial charge in [-0.25, -0.2) is 0 Å². The van der Waals surface area contributed by atoms with Crippen LogP contribution in [0.25, 0.3) is 0 Å². The number of nitrogens with one attached hydrogen (secondary N) is 2. The lowest BCUT2D eigenvalue weighted by Crippen LogP contribution is -2.26. The minimum absolute atomic E-state index is 0.202. The summed E-state index contributed by atoms with van der Waals surface area (Å²) in [6, 6.07) is 17.1. The lowest BCUT2D eigenvalue weighted by atomic mass is 10.1. The first-order valence-electron chi connectivity index (χ1n) is 8.76. The summed E-state index contributed by atoms with van der Waals surface area (Å²) >= 11 is 0. The van der Waals surface area contributed by atoms with E-state index in [9.17, 15) is 4.79 Å². The summed E-state index contributed by atoms with van der Waals surface area (Å²) in [4.78, 5) is 20.8. The number of carbonyl (C=O) groups excluding carboxylic acids is 1. The molecule has 0 saturated carbocycles. The Labute approximate surface area is 158 Å². The molecule has 6 heteroatoms. The van der Waals surface area contributed by atoms with Gasteiger partial charge in [-0.2, -0.15) is 0 Å². The molecule has 0 aliphatic carbocycles. The summed E-state index contributed by atoms with van der Waals surface area (Å²) in [5.41, 5.74) is 3.18. The van der Waals surface area contributed by atoms with Crippen LogP contribution in [-0.4, -0.2) is 29.5 Å². The van der Waals surface area contributed by atoms with Crippen molar-refractivity contribution in [3.8, 4) is 5.75 Å². The van der Waals surface area contributed by atoms with Crippen molar-refractivity contribution in [1.29, 1.82) is 0 Å². The number of anilines is 1. The van der Waals surface area contributed by atoms with Crippen molar-refractivity contribution < 1.29 is 9.53 Å². The van der Waals surface area contributed by atoms with E-state index in [-0.39, 0.29) is 5.91 Å². The Bertz CT molecular complexity index is 884. The molecular weight excluding hydrogens is 340 g/mol. The topological polar surface area (TPSA) is 76.1 Å². The minimum Gasteiger partial charge on any atom is -0.496 e. The quantitative estimate of drug-likeness (QED) is 0.644. The van der Waals surface area contributed by atoms with Crippen LogP contribution in [0.5, 0.6) is 5.75 Å². The van der Waals surface area contributed by atoms with Gasteiger partial charge in [0.2, 0.25) is 0 Å². The zero-order chi connectivity index (χ0) is 18.9. The fourth-order valence-electron chi connectivity index (χ4n) is 2.67. The average Bonchev–Trinajstić information content (AvgIpc) is 2.73. The van der Waals surface area contributed by atoms with E-state index in [1.807, 2.05) is 48.5 Å². The highest BCUT2D eigenvalue weighted by Gasteiger charge is 2.08. The third-order valence-electron chi connectivity index (χ3n) is 4.06. The number of carbonyl (C=O) groups is 1. The summed E-state index contributed by atoms with van der Waals surface area (Å²) in [6.45, 7) is 1.09. The number of aromatic nitrogens is 2. The van der Waals surface area contributed by atoms with Gasteiger partial charge in [-0.1, -0.05) is 24.3 Å². The molecule has 2 heterocycles. The number of para-hydroxylation sites is 1. The first kappa shape index (κ1) is 18.4. The van der Waals surface area contributed by atoms with Gasteiger partial charge < -0.3 is 15.4 Å². The molecule has 0 saturated heterocycles. The maximum absolute atomic E-state index is 12.4. The van der Waals surface area contributed by atoms with E-state index < -0.39 is 0 Å². The van der Waals surface area contributed by atoms with E-state index in [1.54, 1.807) is 25.6 Å². The minimum atomic E-state index is -0.202. The second kappa shape index (κ2) is 9.33. The van der Waals surface area contributed by atoms with E-state index in [1.165, 1.54) is 0 Å². The normalized spacial score (nSPS) is 10.3. The third-order valence-corrected chi connectivity index (χ3v) is 4.06. The van der Waals surface area contributed by atoms with Gasteiger partial charge >= 0.3 is 0 Å². The lowest BCUT2D eigenvalue weighted by Gasteiger charge is -2.10. The molecule has 3 aromatic rings. The Kier molecular flexibility index (Phi) is 6.35. The molecule has 1 amide bonds. The summed E-state index contributed by atoms with van der Waals surface area (Å²) in [7, 11) is 1.64. The molecule has 0 fully saturated rings. The fraction of sp³-hybridized carbons (Fsp3) is 0.190. The Morgan fingerprint density at radius 1 is 1.04 bits per heavy atom. The third kappa shape index (κ3) is 5.28. The molecule has 1 aromatic carbocycles. The molecule has 0 aliphatic rings. The summed E-state index contributed by atoms with van der Waals surface area (Å²) in [6.07, 6.45) is 4.06. The maximum Gasteiger partial charge on any atom is 0.269 e. The number of ether oxygens (including phenoxy) is 1. The monoisotopic (exact) mass is 362 g/mol. The molecule has 0 radical (unpaired) electrons. The van der Waals surface area contributed by atoms with Gasteiger partial charge in [-0.05, 0) is 42.3 Å². The first-order valence-corrected chi connectivity index (χ1v) is 8.76. The molecule has 0 atom stereocenters. The number of nitrogens with zero attached hydrogens (tertiary/aromatic N) is 2. The average molecular weight is 362 g/mol. The van der Waals surface area contributed by atoms with Gasteiger partial charge in [0.1, 0.15) is 11.4 Å². The molecule has 2 N–H and O–H groups in total. The van der Waals surface area contributed by atoms with Gasteiger partial charge in [0.25, 0.3) is 5.91 Å². The van der Waals surface area contributed by atoms with Crippen molar-refractivity contribution >= 4 is 11.6 Å². The number of benzene rings is 1. The number of hydrogen-bond acceptors (Lipinski definition) is 5. The number of hydrogen-bond donors (Lipinski definition) is 2. The highest BCUT2D eigenvalue weighted by molar-refractivity contribution is 5.93. The number of pyridine rings is 2.